The topological polar surface area (TPSA) is 92.5 Å². The molecule has 1 aromatic carbocycles. The molecule has 14 heavy (non-hydrogen) atoms. The molecule has 1 atom stereocenters. The van der Waals surface area contributed by atoms with Crippen molar-refractivity contribution in [2.24, 2.45) is 5.73 Å². The van der Waals surface area contributed by atoms with Crippen LogP contribution in [0.2, 0.25) is 0 Å². The lowest BCUT2D eigenvalue weighted by molar-refractivity contribution is 0.275. The number of aryl methyl sites for hydroxylation is 1. The van der Waals surface area contributed by atoms with Gasteiger partial charge in [-0.1, -0.05) is 6.07 Å². The lowest BCUT2D eigenvalue weighted by Crippen LogP contribution is -2.14. The van der Waals surface area contributed by atoms with Gasteiger partial charge in [0.1, 0.15) is 5.75 Å². The van der Waals surface area contributed by atoms with Crippen molar-refractivity contribution in [2.75, 3.05) is 12.3 Å². The number of aliphatic hydroxyl groups is 1. The summed E-state index contributed by atoms with van der Waals surface area (Å²) in [6, 6.07) is 3.07. The molecule has 0 aliphatic rings. The summed E-state index contributed by atoms with van der Waals surface area (Å²) in [6.45, 7) is 1.85. The van der Waals surface area contributed by atoms with E-state index in [1.54, 1.807) is 6.07 Å². The molecule has 1 rings (SSSR count). The van der Waals surface area contributed by atoms with Crippen molar-refractivity contribution < 1.29 is 10.2 Å². The van der Waals surface area contributed by atoms with Gasteiger partial charge in [-0.15, -0.1) is 0 Å². The van der Waals surface area contributed by atoms with Crippen molar-refractivity contribution in [1.29, 1.82) is 0 Å². The van der Waals surface area contributed by atoms with E-state index >= 15 is 0 Å². The zero-order valence-corrected chi connectivity index (χ0v) is 8.20. The second-order valence-electron chi connectivity index (χ2n) is 3.35. The average molecular weight is 196 g/mol. The van der Waals surface area contributed by atoms with Crippen LogP contribution in [0.5, 0.6) is 5.75 Å². The van der Waals surface area contributed by atoms with Gasteiger partial charge in [0.2, 0.25) is 0 Å². The molecule has 6 N–H and O–H groups in total. The highest BCUT2D eigenvalue weighted by molar-refractivity contribution is 5.59. The molecule has 0 fully saturated rings. The number of phenols is 1. The fourth-order valence-corrected chi connectivity index (χ4v) is 1.48. The molecular formula is C10H16N2O2. The van der Waals surface area contributed by atoms with Crippen LogP contribution < -0.4 is 11.5 Å². The number of aliphatic hydroxyl groups excluding tert-OH is 1. The molecule has 0 heterocycles. The van der Waals surface area contributed by atoms with E-state index in [2.05, 4.69) is 0 Å². The molecule has 0 aliphatic carbocycles. The number of rotatable bonds is 3. The Morgan fingerprint density at radius 3 is 2.64 bits per heavy atom. The van der Waals surface area contributed by atoms with Crippen LogP contribution in [-0.2, 0) is 0 Å². The Kier molecular flexibility index (Phi) is 3.33. The minimum atomic E-state index is -0.372. The Bertz CT molecular complexity index is 326. The van der Waals surface area contributed by atoms with Crippen LogP contribution in [0.4, 0.5) is 5.69 Å². The van der Waals surface area contributed by atoms with E-state index in [1.807, 2.05) is 13.0 Å². The molecule has 0 amide bonds. The maximum absolute atomic E-state index is 9.69. The second kappa shape index (κ2) is 4.30. The highest BCUT2D eigenvalue weighted by Crippen LogP contribution is 2.32. The average Bonchev–Trinajstić information content (AvgIpc) is 2.13. The van der Waals surface area contributed by atoms with Gasteiger partial charge in [0.25, 0.3) is 0 Å². The zero-order valence-electron chi connectivity index (χ0n) is 8.20. The predicted molar refractivity (Wildman–Crippen MR) is 55.9 cm³/mol. The first-order valence-corrected chi connectivity index (χ1v) is 4.52. The van der Waals surface area contributed by atoms with Gasteiger partial charge in [-0.25, -0.2) is 0 Å². The monoisotopic (exact) mass is 196 g/mol. The van der Waals surface area contributed by atoms with Gasteiger partial charge in [-0.2, -0.15) is 0 Å². The number of nitrogen functional groups attached to an aromatic ring is 1. The molecule has 0 aromatic heterocycles. The molecule has 1 aromatic rings. The summed E-state index contributed by atoms with van der Waals surface area (Å²) in [4.78, 5) is 0. The number of anilines is 1. The zero-order chi connectivity index (χ0) is 10.7. The standard InChI is InChI=1S/C10H16N2O2/c1-6-2-3-8(12)10(14)9(6)7(11)4-5-13/h2-3,7,13-14H,4-5,11-12H2,1H3/t7-/m0/s1. The fraction of sp³-hybridized carbons (Fsp3) is 0.400. The third-order valence-corrected chi connectivity index (χ3v) is 2.28. The van der Waals surface area contributed by atoms with E-state index < -0.39 is 0 Å². The van der Waals surface area contributed by atoms with Crippen molar-refractivity contribution in [3.63, 3.8) is 0 Å². The van der Waals surface area contributed by atoms with E-state index in [0.29, 0.717) is 17.7 Å². The van der Waals surface area contributed by atoms with Crippen LogP contribution in [0.3, 0.4) is 0 Å². The maximum Gasteiger partial charge on any atom is 0.143 e. The molecule has 78 valence electrons. The number of phenolic OH excluding ortho intramolecular Hbond substituents is 1. The first-order chi connectivity index (χ1) is 6.57. The molecule has 0 saturated carbocycles. The van der Waals surface area contributed by atoms with E-state index in [4.69, 9.17) is 16.6 Å². The molecule has 0 bridgehead atoms. The lowest BCUT2D eigenvalue weighted by atomic mass is 9.98. The van der Waals surface area contributed by atoms with Gasteiger partial charge in [-0.3, -0.25) is 0 Å². The van der Waals surface area contributed by atoms with E-state index in [9.17, 15) is 5.11 Å². The summed E-state index contributed by atoms with van der Waals surface area (Å²) in [5.41, 5.74) is 13.2. The summed E-state index contributed by atoms with van der Waals surface area (Å²) in [7, 11) is 0. The molecule has 4 heteroatoms. The first kappa shape index (κ1) is 10.8. The normalized spacial score (nSPS) is 12.8. The number of hydrogen-bond donors (Lipinski definition) is 4. The quantitative estimate of drug-likeness (QED) is 0.422. The van der Waals surface area contributed by atoms with Gasteiger partial charge < -0.3 is 21.7 Å². The first-order valence-electron chi connectivity index (χ1n) is 4.52. The third-order valence-electron chi connectivity index (χ3n) is 2.28. The summed E-state index contributed by atoms with van der Waals surface area (Å²) < 4.78 is 0. The molecular weight excluding hydrogens is 180 g/mol. The molecule has 0 unspecified atom stereocenters. The van der Waals surface area contributed by atoms with E-state index in [0.717, 1.165) is 5.56 Å². The maximum atomic E-state index is 9.69. The summed E-state index contributed by atoms with van der Waals surface area (Å²) in [6.07, 6.45) is 0.415. The minimum absolute atomic E-state index is 0.00511. The number of hydrogen-bond acceptors (Lipinski definition) is 4. The third kappa shape index (κ3) is 1.97. The molecule has 4 nitrogen and oxygen atoms in total. The van der Waals surface area contributed by atoms with Gasteiger partial charge in [0, 0.05) is 18.2 Å². The van der Waals surface area contributed by atoms with Gasteiger partial charge in [0.05, 0.1) is 5.69 Å². The highest BCUT2D eigenvalue weighted by atomic mass is 16.3. The van der Waals surface area contributed by atoms with Crippen LogP contribution in [0.1, 0.15) is 23.6 Å². The molecule has 0 radical (unpaired) electrons. The second-order valence-corrected chi connectivity index (χ2v) is 3.35. The van der Waals surface area contributed by atoms with Crippen molar-refractivity contribution in [1.82, 2.24) is 0 Å². The van der Waals surface area contributed by atoms with Crippen LogP contribution in [0.25, 0.3) is 0 Å². The van der Waals surface area contributed by atoms with Crippen molar-refractivity contribution >= 4 is 5.69 Å². The SMILES string of the molecule is Cc1ccc(N)c(O)c1[C@@H](N)CCO. The minimum Gasteiger partial charge on any atom is -0.505 e. The predicted octanol–water partition coefficient (Wildman–Crippen LogP) is 0.665. The van der Waals surface area contributed by atoms with Crippen molar-refractivity contribution in [2.45, 2.75) is 19.4 Å². The Morgan fingerprint density at radius 2 is 2.07 bits per heavy atom. The Balaban J connectivity index is 3.11. The highest BCUT2D eigenvalue weighted by Gasteiger charge is 2.15. The summed E-state index contributed by atoms with van der Waals surface area (Å²) in [5.74, 6) is 0.0333. The lowest BCUT2D eigenvalue weighted by Gasteiger charge is -2.16. The van der Waals surface area contributed by atoms with Crippen LogP contribution in [0.15, 0.2) is 12.1 Å². The van der Waals surface area contributed by atoms with Gasteiger partial charge in [0.15, 0.2) is 0 Å². The number of aromatic hydroxyl groups is 1. The van der Waals surface area contributed by atoms with E-state index in [-0.39, 0.29) is 18.4 Å². The largest absolute Gasteiger partial charge is 0.505 e. The number of nitrogens with two attached hydrogens (primary N) is 2. The number of benzene rings is 1. The van der Waals surface area contributed by atoms with Crippen molar-refractivity contribution in [3.05, 3.63) is 23.3 Å². The van der Waals surface area contributed by atoms with Crippen LogP contribution in [-0.4, -0.2) is 16.8 Å². The van der Waals surface area contributed by atoms with Gasteiger partial charge in [-0.05, 0) is 25.0 Å². The molecule has 0 aliphatic heterocycles. The Morgan fingerprint density at radius 1 is 1.43 bits per heavy atom. The Labute approximate surface area is 83.2 Å². The van der Waals surface area contributed by atoms with Crippen LogP contribution >= 0.6 is 0 Å². The summed E-state index contributed by atoms with van der Waals surface area (Å²) in [5, 5.41) is 18.4. The smallest absolute Gasteiger partial charge is 0.143 e. The van der Waals surface area contributed by atoms with Crippen molar-refractivity contribution in [3.8, 4) is 5.75 Å². The fourth-order valence-electron chi connectivity index (χ4n) is 1.48. The molecule has 0 saturated heterocycles. The van der Waals surface area contributed by atoms with Crippen LogP contribution in [0, 0.1) is 6.92 Å². The molecule has 0 spiro atoms. The van der Waals surface area contributed by atoms with Gasteiger partial charge >= 0.3 is 0 Å². The van der Waals surface area contributed by atoms with E-state index in [1.165, 1.54) is 0 Å². The summed E-state index contributed by atoms with van der Waals surface area (Å²) >= 11 is 0. The Hall–Kier alpha value is -1.26.